The number of nitrogens with zero attached hydrogens (tertiary/aromatic N) is 2. The number of hydrogen-bond donors (Lipinski definition) is 1. The highest BCUT2D eigenvalue weighted by Crippen LogP contribution is 2.21. The van der Waals surface area contributed by atoms with Crippen molar-refractivity contribution in [2.45, 2.75) is 51.2 Å². The first kappa shape index (κ1) is 8.48. The number of hydrogen-bond acceptors (Lipinski definition) is 2. The molecular weight excluding hydrogens is 174 g/mol. The minimum atomic E-state index is 0.788. The minimum absolute atomic E-state index is 0.788. The Kier molecular flexibility index (Phi) is 2.05. The third-order valence-corrected chi connectivity index (χ3v) is 3.23. The molecule has 0 bridgehead atoms. The lowest BCUT2D eigenvalue weighted by Crippen LogP contribution is -2.18. The molecule has 0 saturated heterocycles. The fourth-order valence-corrected chi connectivity index (χ4v) is 2.18. The first-order valence-electron chi connectivity index (χ1n) is 5.70. The number of rotatable bonds is 3. The van der Waals surface area contributed by atoms with Crippen LogP contribution in [0.15, 0.2) is 6.33 Å². The van der Waals surface area contributed by atoms with Gasteiger partial charge < -0.3 is 9.88 Å². The fourth-order valence-electron chi connectivity index (χ4n) is 2.18. The van der Waals surface area contributed by atoms with Crippen LogP contribution >= 0.6 is 0 Å². The zero-order valence-electron chi connectivity index (χ0n) is 8.50. The Hall–Kier alpha value is -0.830. The monoisotopic (exact) mass is 191 g/mol. The van der Waals surface area contributed by atoms with Crippen molar-refractivity contribution >= 4 is 0 Å². The van der Waals surface area contributed by atoms with E-state index in [2.05, 4.69) is 14.9 Å². The summed E-state index contributed by atoms with van der Waals surface area (Å²) in [6.07, 6.45) is 8.60. The summed E-state index contributed by atoms with van der Waals surface area (Å²) in [5.41, 5.74) is 2.76. The van der Waals surface area contributed by atoms with Crippen molar-refractivity contribution in [3.63, 3.8) is 0 Å². The lowest BCUT2D eigenvalue weighted by Gasteiger charge is -2.15. The Balaban J connectivity index is 1.72. The van der Waals surface area contributed by atoms with Crippen molar-refractivity contribution in [3.05, 3.63) is 17.7 Å². The Morgan fingerprint density at radius 3 is 3.21 bits per heavy atom. The molecule has 0 radical (unpaired) electrons. The third-order valence-electron chi connectivity index (χ3n) is 3.23. The predicted octanol–water partition coefficient (Wildman–Crippen LogP) is 1.47. The molecule has 1 aliphatic heterocycles. The van der Waals surface area contributed by atoms with Gasteiger partial charge in [0.05, 0.1) is 12.0 Å². The topological polar surface area (TPSA) is 29.9 Å². The van der Waals surface area contributed by atoms with Gasteiger partial charge in [-0.1, -0.05) is 0 Å². The van der Waals surface area contributed by atoms with Crippen molar-refractivity contribution in [1.82, 2.24) is 14.9 Å². The van der Waals surface area contributed by atoms with E-state index in [-0.39, 0.29) is 0 Å². The lowest BCUT2D eigenvalue weighted by molar-refractivity contribution is 0.526. The molecule has 0 aromatic carbocycles. The van der Waals surface area contributed by atoms with Gasteiger partial charge in [-0.2, -0.15) is 0 Å². The van der Waals surface area contributed by atoms with Gasteiger partial charge in [0.15, 0.2) is 0 Å². The van der Waals surface area contributed by atoms with Gasteiger partial charge in [-0.15, -0.1) is 0 Å². The molecule has 0 amide bonds. The molecule has 1 aromatic rings. The van der Waals surface area contributed by atoms with Gasteiger partial charge in [0.2, 0.25) is 0 Å². The van der Waals surface area contributed by atoms with Gasteiger partial charge >= 0.3 is 0 Å². The Morgan fingerprint density at radius 1 is 1.43 bits per heavy atom. The van der Waals surface area contributed by atoms with E-state index < -0.39 is 0 Å². The van der Waals surface area contributed by atoms with Crippen LogP contribution in [0.5, 0.6) is 0 Å². The largest absolute Gasteiger partial charge is 0.334 e. The van der Waals surface area contributed by atoms with Gasteiger partial charge in [-0.05, 0) is 32.1 Å². The van der Waals surface area contributed by atoms with Gasteiger partial charge in [-0.25, -0.2) is 4.98 Å². The maximum absolute atomic E-state index is 4.50. The summed E-state index contributed by atoms with van der Waals surface area (Å²) in [6.45, 7) is 2.15. The zero-order chi connectivity index (χ0) is 9.38. The molecule has 3 rings (SSSR count). The Bertz CT molecular complexity index is 325. The molecule has 1 aliphatic carbocycles. The van der Waals surface area contributed by atoms with E-state index in [9.17, 15) is 0 Å². The van der Waals surface area contributed by atoms with E-state index >= 15 is 0 Å². The SMILES string of the molecule is c1nc(CNC2CC2)c2n1CCCC2. The van der Waals surface area contributed by atoms with Gasteiger partial charge in [-0.3, -0.25) is 0 Å². The zero-order valence-corrected chi connectivity index (χ0v) is 8.50. The molecule has 3 heteroatoms. The second-order valence-electron chi connectivity index (χ2n) is 4.44. The lowest BCUT2D eigenvalue weighted by atomic mass is 10.1. The average molecular weight is 191 g/mol. The van der Waals surface area contributed by atoms with Crippen LogP contribution in [0.25, 0.3) is 0 Å². The number of nitrogens with one attached hydrogen (secondary N) is 1. The molecule has 0 spiro atoms. The van der Waals surface area contributed by atoms with Gasteiger partial charge in [0.1, 0.15) is 0 Å². The summed E-state index contributed by atoms with van der Waals surface area (Å²) in [5.74, 6) is 0. The highest BCUT2D eigenvalue weighted by molar-refractivity contribution is 5.15. The van der Waals surface area contributed by atoms with Crippen molar-refractivity contribution in [2.75, 3.05) is 0 Å². The number of aryl methyl sites for hydroxylation is 1. The van der Waals surface area contributed by atoms with Crippen molar-refractivity contribution in [2.24, 2.45) is 0 Å². The summed E-state index contributed by atoms with van der Waals surface area (Å²) in [5, 5.41) is 3.53. The molecule has 76 valence electrons. The highest BCUT2D eigenvalue weighted by Gasteiger charge is 2.22. The molecule has 1 saturated carbocycles. The van der Waals surface area contributed by atoms with E-state index in [0.717, 1.165) is 12.6 Å². The Morgan fingerprint density at radius 2 is 2.36 bits per heavy atom. The molecule has 3 nitrogen and oxygen atoms in total. The number of aromatic nitrogens is 2. The Labute approximate surface area is 84.5 Å². The molecule has 1 aromatic heterocycles. The molecule has 2 aliphatic rings. The molecule has 2 heterocycles. The molecular formula is C11H17N3. The normalized spacial score (nSPS) is 20.9. The van der Waals surface area contributed by atoms with Crippen LogP contribution in [-0.2, 0) is 19.5 Å². The highest BCUT2D eigenvalue weighted by atomic mass is 15.1. The molecule has 1 N–H and O–H groups in total. The summed E-state index contributed by atoms with van der Waals surface area (Å²) in [4.78, 5) is 4.50. The third kappa shape index (κ3) is 1.57. The van der Waals surface area contributed by atoms with E-state index in [1.807, 2.05) is 6.33 Å². The number of fused-ring (bicyclic) bond motifs is 1. The number of imidazole rings is 1. The van der Waals surface area contributed by atoms with E-state index in [1.165, 1.54) is 50.0 Å². The van der Waals surface area contributed by atoms with Crippen LogP contribution in [-0.4, -0.2) is 15.6 Å². The fraction of sp³-hybridized carbons (Fsp3) is 0.727. The maximum atomic E-state index is 4.50. The van der Waals surface area contributed by atoms with Gasteiger partial charge in [0.25, 0.3) is 0 Å². The molecule has 0 unspecified atom stereocenters. The summed E-state index contributed by atoms with van der Waals surface area (Å²) in [6, 6.07) is 0.788. The maximum Gasteiger partial charge on any atom is 0.0952 e. The van der Waals surface area contributed by atoms with Crippen molar-refractivity contribution < 1.29 is 0 Å². The van der Waals surface area contributed by atoms with Crippen LogP contribution in [0.2, 0.25) is 0 Å². The van der Waals surface area contributed by atoms with E-state index in [4.69, 9.17) is 0 Å². The van der Waals surface area contributed by atoms with Crippen molar-refractivity contribution in [1.29, 1.82) is 0 Å². The average Bonchev–Trinajstić information content (AvgIpc) is 2.96. The second-order valence-corrected chi connectivity index (χ2v) is 4.44. The second kappa shape index (κ2) is 3.39. The smallest absolute Gasteiger partial charge is 0.0952 e. The minimum Gasteiger partial charge on any atom is -0.334 e. The van der Waals surface area contributed by atoms with Crippen LogP contribution < -0.4 is 5.32 Å². The van der Waals surface area contributed by atoms with E-state index in [1.54, 1.807) is 0 Å². The van der Waals surface area contributed by atoms with Gasteiger partial charge in [0, 0.05) is 24.8 Å². The van der Waals surface area contributed by atoms with Crippen LogP contribution in [0.4, 0.5) is 0 Å². The quantitative estimate of drug-likeness (QED) is 0.784. The molecule has 0 atom stereocenters. The summed E-state index contributed by atoms with van der Waals surface area (Å²) in [7, 11) is 0. The first-order valence-corrected chi connectivity index (χ1v) is 5.70. The summed E-state index contributed by atoms with van der Waals surface area (Å²) < 4.78 is 2.33. The first-order chi connectivity index (χ1) is 6.93. The van der Waals surface area contributed by atoms with Crippen LogP contribution in [0.3, 0.4) is 0 Å². The molecule has 1 fully saturated rings. The van der Waals surface area contributed by atoms with Crippen LogP contribution in [0.1, 0.15) is 37.1 Å². The van der Waals surface area contributed by atoms with E-state index in [0.29, 0.717) is 0 Å². The molecule has 14 heavy (non-hydrogen) atoms. The standard InChI is InChI=1S/C11H17N3/c1-2-6-14-8-13-10(11(14)3-1)7-12-9-4-5-9/h8-9,12H,1-7H2. The summed E-state index contributed by atoms with van der Waals surface area (Å²) >= 11 is 0. The van der Waals surface area contributed by atoms with Crippen molar-refractivity contribution in [3.8, 4) is 0 Å². The van der Waals surface area contributed by atoms with Crippen LogP contribution in [0, 0.1) is 0 Å². The predicted molar refractivity (Wildman–Crippen MR) is 55.0 cm³/mol.